The Bertz CT molecular complexity index is 592. The second-order valence-corrected chi connectivity index (χ2v) is 6.10. The van der Waals surface area contributed by atoms with Crippen molar-refractivity contribution in [3.63, 3.8) is 0 Å². The van der Waals surface area contributed by atoms with Crippen LogP contribution in [0.4, 0.5) is 0 Å². The molecule has 0 fully saturated rings. The van der Waals surface area contributed by atoms with Crippen molar-refractivity contribution >= 4 is 17.2 Å². The molecule has 0 aliphatic heterocycles. The molecule has 0 saturated carbocycles. The van der Waals surface area contributed by atoms with Gasteiger partial charge < -0.3 is 5.32 Å². The summed E-state index contributed by atoms with van der Waals surface area (Å²) in [6.07, 6.45) is 1.73. The zero-order valence-electron chi connectivity index (χ0n) is 12.2. The number of pyridine rings is 1. The number of carbonyl (C=O) groups excluding carboxylic acids is 1. The van der Waals surface area contributed by atoms with Crippen LogP contribution < -0.4 is 5.32 Å². The molecule has 0 aliphatic carbocycles. The summed E-state index contributed by atoms with van der Waals surface area (Å²) in [6.45, 7) is 7.97. The minimum absolute atomic E-state index is 0.0787. The van der Waals surface area contributed by atoms with E-state index in [-0.39, 0.29) is 11.9 Å². The summed E-state index contributed by atoms with van der Waals surface area (Å²) < 4.78 is 0. The summed E-state index contributed by atoms with van der Waals surface area (Å²) in [7, 11) is 0. The van der Waals surface area contributed by atoms with Crippen molar-refractivity contribution < 1.29 is 4.79 Å². The maximum Gasteiger partial charge on any atom is 0.263 e. The van der Waals surface area contributed by atoms with E-state index < -0.39 is 0 Å². The maximum atomic E-state index is 12.3. The van der Waals surface area contributed by atoms with E-state index >= 15 is 0 Å². The highest BCUT2D eigenvalue weighted by molar-refractivity contribution is 7.13. The molecule has 1 N–H and O–H groups in total. The second kappa shape index (κ2) is 6.13. The molecule has 1 unspecified atom stereocenters. The highest BCUT2D eigenvalue weighted by atomic mass is 32.1. The predicted octanol–water partition coefficient (Wildman–Crippen LogP) is 3.46. The summed E-state index contributed by atoms with van der Waals surface area (Å²) >= 11 is 1.47. The van der Waals surface area contributed by atoms with Gasteiger partial charge in [0.25, 0.3) is 5.91 Å². The molecule has 0 aromatic carbocycles. The zero-order chi connectivity index (χ0) is 14.7. The second-order valence-electron chi connectivity index (χ2n) is 5.07. The van der Waals surface area contributed by atoms with E-state index in [9.17, 15) is 4.79 Å². The van der Waals surface area contributed by atoms with E-state index in [0.29, 0.717) is 10.8 Å². The maximum absolute atomic E-state index is 12.3. The standard InChI is InChI=1S/C15H19N3OS/c1-9(2)15-18-11(4)13(20-15)14(19)17-10(3)12-7-5-6-8-16-12/h5-10H,1-4H3,(H,17,19). The molecular weight excluding hydrogens is 270 g/mol. The normalized spacial score (nSPS) is 12.4. The number of hydrogen-bond donors (Lipinski definition) is 1. The van der Waals surface area contributed by atoms with Gasteiger partial charge in [-0.15, -0.1) is 11.3 Å². The number of nitrogens with one attached hydrogen (secondary N) is 1. The van der Waals surface area contributed by atoms with Gasteiger partial charge in [0.15, 0.2) is 0 Å². The SMILES string of the molecule is Cc1nc(C(C)C)sc1C(=O)NC(C)c1ccccn1. The molecule has 0 bridgehead atoms. The van der Waals surface area contributed by atoms with Gasteiger partial charge in [0.05, 0.1) is 22.4 Å². The third-order valence-electron chi connectivity index (χ3n) is 2.99. The van der Waals surface area contributed by atoms with Gasteiger partial charge in [0, 0.05) is 12.1 Å². The van der Waals surface area contributed by atoms with Crippen molar-refractivity contribution in [2.24, 2.45) is 0 Å². The lowest BCUT2D eigenvalue weighted by Gasteiger charge is -2.12. The molecule has 1 amide bonds. The Morgan fingerprint density at radius 3 is 2.60 bits per heavy atom. The van der Waals surface area contributed by atoms with Gasteiger partial charge in [-0.2, -0.15) is 0 Å². The molecule has 106 valence electrons. The molecule has 2 aromatic heterocycles. The molecule has 4 nitrogen and oxygen atoms in total. The fourth-order valence-corrected chi connectivity index (χ4v) is 2.82. The molecule has 2 rings (SSSR count). The number of aryl methyl sites for hydroxylation is 1. The van der Waals surface area contributed by atoms with E-state index in [1.807, 2.05) is 32.0 Å². The molecule has 2 aromatic rings. The summed E-state index contributed by atoms with van der Waals surface area (Å²) in [5, 5.41) is 3.97. The quantitative estimate of drug-likeness (QED) is 0.937. The first-order valence-electron chi connectivity index (χ1n) is 6.68. The van der Waals surface area contributed by atoms with Gasteiger partial charge in [-0.25, -0.2) is 4.98 Å². The van der Waals surface area contributed by atoms with Crippen molar-refractivity contribution in [2.45, 2.75) is 39.7 Å². The van der Waals surface area contributed by atoms with Crippen molar-refractivity contribution in [1.82, 2.24) is 15.3 Å². The highest BCUT2D eigenvalue weighted by Crippen LogP contribution is 2.25. The zero-order valence-corrected chi connectivity index (χ0v) is 13.0. The number of carbonyl (C=O) groups is 1. The number of hydrogen-bond acceptors (Lipinski definition) is 4. The number of thiazole rings is 1. The van der Waals surface area contributed by atoms with Crippen LogP contribution in [0.5, 0.6) is 0 Å². The minimum Gasteiger partial charge on any atom is -0.343 e. The molecular formula is C15H19N3OS. The number of nitrogens with zero attached hydrogens (tertiary/aromatic N) is 2. The van der Waals surface area contributed by atoms with Crippen molar-refractivity contribution in [3.8, 4) is 0 Å². The average molecular weight is 289 g/mol. The summed E-state index contributed by atoms with van der Waals surface area (Å²) in [5.74, 6) is 0.263. The van der Waals surface area contributed by atoms with E-state index in [1.54, 1.807) is 6.20 Å². The van der Waals surface area contributed by atoms with Crippen molar-refractivity contribution in [3.05, 3.63) is 45.7 Å². The lowest BCUT2D eigenvalue weighted by atomic mass is 10.2. The van der Waals surface area contributed by atoms with Gasteiger partial charge in [0.2, 0.25) is 0 Å². The highest BCUT2D eigenvalue weighted by Gasteiger charge is 2.19. The molecule has 1 atom stereocenters. The van der Waals surface area contributed by atoms with Crippen LogP contribution in [0.2, 0.25) is 0 Å². The Kier molecular flexibility index (Phi) is 4.49. The third kappa shape index (κ3) is 3.22. The van der Waals surface area contributed by atoms with Crippen LogP contribution in [0.3, 0.4) is 0 Å². The fourth-order valence-electron chi connectivity index (χ4n) is 1.84. The van der Waals surface area contributed by atoms with Crippen LogP contribution in [-0.4, -0.2) is 15.9 Å². The van der Waals surface area contributed by atoms with Crippen LogP contribution >= 0.6 is 11.3 Å². The van der Waals surface area contributed by atoms with Crippen LogP contribution in [0.1, 0.15) is 58.8 Å². The Morgan fingerprint density at radius 2 is 2.05 bits per heavy atom. The molecule has 5 heteroatoms. The van der Waals surface area contributed by atoms with Crippen LogP contribution in [0, 0.1) is 6.92 Å². The summed E-state index contributed by atoms with van der Waals surface area (Å²) in [6, 6.07) is 5.57. The number of rotatable bonds is 4. The Morgan fingerprint density at radius 1 is 1.30 bits per heavy atom. The fraction of sp³-hybridized carbons (Fsp3) is 0.400. The van der Waals surface area contributed by atoms with Gasteiger partial charge in [0.1, 0.15) is 4.88 Å². The van der Waals surface area contributed by atoms with Gasteiger partial charge in [-0.3, -0.25) is 9.78 Å². The lowest BCUT2D eigenvalue weighted by molar-refractivity contribution is 0.0942. The molecule has 2 heterocycles. The van der Waals surface area contributed by atoms with E-state index in [0.717, 1.165) is 16.4 Å². The van der Waals surface area contributed by atoms with E-state index in [2.05, 4.69) is 29.1 Å². The van der Waals surface area contributed by atoms with E-state index in [4.69, 9.17) is 0 Å². The average Bonchev–Trinajstić information content (AvgIpc) is 2.82. The van der Waals surface area contributed by atoms with Gasteiger partial charge in [-0.05, 0) is 26.0 Å². The van der Waals surface area contributed by atoms with Crippen molar-refractivity contribution in [2.75, 3.05) is 0 Å². The number of aromatic nitrogens is 2. The minimum atomic E-state index is -0.118. The lowest BCUT2D eigenvalue weighted by Crippen LogP contribution is -2.27. The first kappa shape index (κ1) is 14.7. The van der Waals surface area contributed by atoms with E-state index in [1.165, 1.54) is 11.3 Å². The smallest absolute Gasteiger partial charge is 0.263 e. The first-order chi connectivity index (χ1) is 9.49. The van der Waals surface area contributed by atoms with Gasteiger partial charge >= 0.3 is 0 Å². The van der Waals surface area contributed by atoms with Gasteiger partial charge in [-0.1, -0.05) is 19.9 Å². The van der Waals surface area contributed by atoms with Crippen LogP contribution in [-0.2, 0) is 0 Å². The molecule has 20 heavy (non-hydrogen) atoms. The molecule has 0 spiro atoms. The topological polar surface area (TPSA) is 54.9 Å². The monoisotopic (exact) mass is 289 g/mol. The summed E-state index contributed by atoms with van der Waals surface area (Å²) in [4.78, 5) is 21.7. The molecule has 0 saturated heterocycles. The third-order valence-corrected chi connectivity index (χ3v) is 4.45. The van der Waals surface area contributed by atoms with Crippen molar-refractivity contribution in [1.29, 1.82) is 0 Å². The molecule has 0 aliphatic rings. The largest absolute Gasteiger partial charge is 0.343 e. The summed E-state index contributed by atoms with van der Waals surface area (Å²) in [5.41, 5.74) is 1.65. The van der Waals surface area contributed by atoms with Crippen LogP contribution in [0.15, 0.2) is 24.4 Å². The Balaban J connectivity index is 2.12. The Labute approximate surface area is 123 Å². The number of amides is 1. The van der Waals surface area contributed by atoms with Crippen LogP contribution in [0.25, 0.3) is 0 Å². The molecule has 0 radical (unpaired) electrons. The Hall–Kier alpha value is -1.75. The first-order valence-corrected chi connectivity index (χ1v) is 7.49. The predicted molar refractivity (Wildman–Crippen MR) is 81.1 cm³/mol.